The zero-order chi connectivity index (χ0) is 30.6. The number of nitrogens with zero attached hydrogens (tertiary/aromatic N) is 1. The van der Waals surface area contributed by atoms with Gasteiger partial charge in [-0.1, -0.05) is 54.5 Å². The van der Waals surface area contributed by atoms with Gasteiger partial charge in [0.15, 0.2) is 12.4 Å². The van der Waals surface area contributed by atoms with Crippen molar-refractivity contribution in [2.45, 2.75) is 112 Å². The fourth-order valence-electron chi connectivity index (χ4n) is 11.3. The van der Waals surface area contributed by atoms with Crippen molar-refractivity contribution in [1.82, 2.24) is 0 Å². The van der Waals surface area contributed by atoms with Gasteiger partial charge in [-0.15, -0.1) is 0 Å². The van der Waals surface area contributed by atoms with Crippen molar-refractivity contribution < 1.29 is 32.6 Å². The summed E-state index contributed by atoms with van der Waals surface area (Å²) in [6, 6.07) is 2.16. The number of allylic oxidation sites excluding steroid dienone is 2. The quantitative estimate of drug-likeness (QED) is 0.351. The van der Waals surface area contributed by atoms with Crippen molar-refractivity contribution in [2.75, 3.05) is 6.61 Å². The number of ether oxygens (including phenoxy) is 1. The number of fused-ring (bicyclic) bond motifs is 7. The minimum Gasteiger partial charge on any atom is -0.456 e. The molecule has 0 aromatic heterocycles. The summed E-state index contributed by atoms with van der Waals surface area (Å²) in [6.45, 7) is 13.3. The number of rotatable bonds is 2. The van der Waals surface area contributed by atoms with Crippen LogP contribution >= 0.6 is 0 Å². The number of halogens is 3. The van der Waals surface area contributed by atoms with E-state index < -0.39 is 41.1 Å². The highest BCUT2D eigenvalue weighted by Gasteiger charge is 2.73. The van der Waals surface area contributed by atoms with Gasteiger partial charge < -0.3 is 9.84 Å². The lowest BCUT2D eigenvalue weighted by atomic mass is 9.31. The second kappa shape index (κ2) is 9.07. The highest BCUT2D eigenvalue weighted by Crippen LogP contribution is 2.76. The van der Waals surface area contributed by atoms with Gasteiger partial charge in [-0.25, -0.2) is 0 Å². The van der Waals surface area contributed by atoms with Crippen molar-refractivity contribution in [3.63, 3.8) is 0 Å². The van der Waals surface area contributed by atoms with Crippen LogP contribution < -0.4 is 0 Å². The molecule has 5 rings (SSSR count). The molecule has 0 saturated heterocycles. The van der Waals surface area contributed by atoms with Crippen molar-refractivity contribution >= 4 is 11.8 Å². The predicted octanol–water partition coefficient (Wildman–Crippen LogP) is 7.18. The van der Waals surface area contributed by atoms with Crippen LogP contribution in [0.5, 0.6) is 0 Å². The number of carbonyl (C=O) groups excluding carboxylic acids is 2. The van der Waals surface area contributed by atoms with E-state index in [0.717, 1.165) is 12.8 Å². The molecule has 0 amide bonds. The molecule has 4 saturated carbocycles. The number of alkyl halides is 3. The van der Waals surface area contributed by atoms with E-state index in [9.17, 15) is 33.1 Å². The fourth-order valence-corrected chi connectivity index (χ4v) is 11.3. The number of carbonyl (C=O) groups is 2. The minimum absolute atomic E-state index is 0.00186. The summed E-state index contributed by atoms with van der Waals surface area (Å²) in [6.07, 6.45) is 1.55. The number of aliphatic hydroxyl groups excluding tert-OH is 1. The third-order valence-corrected chi connectivity index (χ3v) is 13.5. The van der Waals surface area contributed by atoms with Crippen LogP contribution in [0.15, 0.2) is 11.6 Å². The van der Waals surface area contributed by atoms with E-state index in [1.807, 2.05) is 19.9 Å². The average Bonchev–Trinajstić information content (AvgIpc) is 2.85. The molecule has 0 aliphatic heterocycles. The Balaban J connectivity index is 1.59. The Morgan fingerprint density at radius 3 is 2.27 bits per heavy atom. The van der Waals surface area contributed by atoms with Gasteiger partial charge in [0.25, 0.3) is 0 Å². The van der Waals surface area contributed by atoms with Gasteiger partial charge >= 0.3 is 12.1 Å². The molecule has 0 radical (unpaired) electrons. The van der Waals surface area contributed by atoms with E-state index in [0.29, 0.717) is 38.5 Å². The molecule has 5 nitrogen and oxygen atoms in total. The predicted molar refractivity (Wildman–Crippen MR) is 147 cm³/mol. The third-order valence-electron chi connectivity index (χ3n) is 13.5. The lowest BCUT2D eigenvalue weighted by Gasteiger charge is -2.73. The van der Waals surface area contributed by atoms with Crippen molar-refractivity contribution in [2.24, 2.45) is 56.2 Å². The SMILES string of the molecule is CC1(C)CC[C@]2(C(=O)OCC(F)(F)F)CC[C@]3(C)C(C(O)C[C@@H]4[C@@]5(C)C=C(C#N)C(=O)C(C)(C)[C@@H]5CC[C@]43C)C2C1. The molecular formula is C33H46F3NO4. The van der Waals surface area contributed by atoms with Crippen molar-refractivity contribution in [1.29, 1.82) is 5.26 Å². The summed E-state index contributed by atoms with van der Waals surface area (Å²) < 4.78 is 44.3. The Labute approximate surface area is 242 Å². The van der Waals surface area contributed by atoms with Crippen molar-refractivity contribution in [3.05, 3.63) is 11.6 Å². The van der Waals surface area contributed by atoms with Crippen LogP contribution in [0.25, 0.3) is 0 Å². The molecule has 0 heterocycles. The van der Waals surface area contributed by atoms with E-state index in [1.165, 1.54) is 0 Å². The molecule has 0 spiro atoms. The van der Waals surface area contributed by atoms with Gasteiger partial charge in [0.1, 0.15) is 6.07 Å². The van der Waals surface area contributed by atoms with E-state index in [4.69, 9.17) is 4.74 Å². The smallest absolute Gasteiger partial charge is 0.422 e. The van der Waals surface area contributed by atoms with Crippen LogP contribution in [0.2, 0.25) is 0 Å². The van der Waals surface area contributed by atoms with E-state index in [2.05, 4.69) is 40.7 Å². The number of hydrogen-bond acceptors (Lipinski definition) is 5. The molecule has 3 unspecified atom stereocenters. The standard InChI is InChI=1S/C33H46F3NO4/c1-27(2)10-12-32(26(40)41-18-33(34,35)36)13-11-31(7)24(20(32)16-27)21(38)14-23-29(5)15-19(17-37)25(39)28(3,4)22(29)8-9-30(23,31)6/h15,20-24,38H,8-14,16,18H2,1-7H3/t20?,21?,22-,23+,24?,29-,30+,31+,32-/m0/s1. The summed E-state index contributed by atoms with van der Waals surface area (Å²) in [7, 11) is 0. The van der Waals surface area contributed by atoms with Gasteiger partial charge in [-0.2, -0.15) is 18.4 Å². The summed E-state index contributed by atoms with van der Waals surface area (Å²) >= 11 is 0. The lowest BCUT2D eigenvalue weighted by Crippen LogP contribution is -2.70. The van der Waals surface area contributed by atoms with Gasteiger partial charge in [-0.05, 0) is 96.7 Å². The Morgan fingerprint density at radius 1 is 1.02 bits per heavy atom. The summed E-state index contributed by atoms with van der Waals surface area (Å²) in [5.41, 5.74) is -2.78. The average molecular weight is 578 g/mol. The second-order valence-electron chi connectivity index (χ2n) is 16.2. The number of esters is 1. The maximum atomic E-state index is 13.6. The maximum absolute atomic E-state index is 13.6. The number of Topliss-reactive ketones (excluding diaryl/α,β-unsaturated/α-hetero) is 1. The monoisotopic (exact) mass is 577 g/mol. The van der Waals surface area contributed by atoms with Gasteiger partial charge in [0.2, 0.25) is 0 Å². The molecule has 0 bridgehead atoms. The zero-order valence-electron chi connectivity index (χ0n) is 25.6. The molecule has 5 aliphatic carbocycles. The molecule has 4 fully saturated rings. The first-order valence-corrected chi connectivity index (χ1v) is 15.3. The summed E-state index contributed by atoms with van der Waals surface area (Å²) in [5, 5.41) is 22.0. The normalized spacial score (nSPS) is 46.5. The molecule has 1 N–H and O–H groups in total. The summed E-state index contributed by atoms with van der Waals surface area (Å²) in [4.78, 5) is 26.8. The van der Waals surface area contributed by atoms with E-state index >= 15 is 0 Å². The Hall–Kier alpha value is -1.88. The van der Waals surface area contributed by atoms with Crippen LogP contribution in [-0.4, -0.2) is 35.7 Å². The fraction of sp³-hybridized carbons (Fsp3) is 0.848. The Kier molecular flexibility index (Phi) is 6.76. The Bertz CT molecular complexity index is 1220. The van der Waals surface area contributed by atoms with Gasteiger partial charge in [0, 0.05) is 5.41 Å². The van der Waals surface area contributed by atoms with E-state index in [1.54, 1.807) is 0 Å². The van der Waals surface area contributed by atoms with Crippen LogP contribution in [0.3, 0.4) is 0 Å². The molecule has 0 aromatic rings. The van der Waals surface area contributed by atoms with Crippen molar-refractivity contribution in [3.8, 4) is 6.07 Å². The Morgan fingerprint density at radius 2 is 1.66 bits per heavy atom. The molecule has 9 atom stereocenters. The first-order chi connectivity index (χ1) is 18.7. The van der Waals surface area contributed by atoms with E-state index in [-0.39, 0.29) is 51.3 Å². The first-order valence-electron chi connectivity index (χ1n) is 15.3. The largest absolute Gasteiger partial charge is 0.456 e. The maximum Gasteiger partial charge on any atom is 0.422 e. The molecule has 0 aromatic carbocycles. The molecule has 8 heteroatoms. The minimum atomic E-state index is -4.59. The highest BCUT2D eigenvalue weighted by molar-refractivity contribution is 6.04. The molecule has 5 aliphatic rings. The van der Waals surface area contributed by atoms with Crippen LogP contribution in [0.4, 0.5) is 13.2 Å². The molecular weight excluding hydrogens is 531 g/mol. The number of ketones is 1. The zero-order valence-corrected chi connectivity index (χ0v) is 25.6. The molecule has 228 valence electrons. The highest BCUT2D eigenvalue weighted by atomic mass is 19.4. The van der Waals surface area contributed by atoms with Gasteiger partial charge in [0.05, 0.1) is 17.1 Å². The summed E-state index contributed by atoms with van der Waals surface area (Å²) in [5.74, 6) is -1.41. The third kappa shape index (κ3) is 4.18. The van der Waals surface area contributed by atoms with Gasteiger partial charge in [-0.3, -0.25) is 9.59 Å². The first kappa shape index (κ1) is 30.6. The topological polar surface area (TPSA) is 87.4 Å². The lowest BCUT2D eigenvalue weighted by molar-refractivity contribution is -0.263. The van der Waals surface area contributed by atoms with Crippen LogP contribution in [0.1, 0.15) is 99.8 Å². The number of nitriles is 1. The number of hydrogen-bond donors (Lipinski definition) is 1. The van der Waals surface area contributed by atoms with Crippen LogP contribution in [0, 0.1) is 67.5 Å². The number of aliphatic hydroxyl groups is 1. The molecule has 41 heavy (non-hydrogen) atoms. The van der Waals surface area contributed by atoms with Crippen LogP contribution in [-0.2, 0) is 14.3 Å². The second-order valence-corrected chi connectivity index (χ2v) is 16.2.